The molecule has 0 saturated carbocycles. The van der Waals surface area contributed by atoms with Gasteiger partial charge in [0.2, 0.25) is 0 Å². The molecule has 0 saturated heterocycles. The lowest BCUT2D eigenvalue weighted by Gasteiger charge is -2.11. The van der Waals surface area contributed by atoms with E-state index in [1.807, 2.05) is 49.8 Å². The highest BCUT2D eigenvalue weighted by molar-refractivity contribution is 6.08. The molecule has 0 radical (unpaired) electrons. The summed E-state index contributed by atoms with van der Waals surface area (Å²) in [4.78, 5) is 28.6. The summed E-state index contributed by atoms with van der Waals surface area (Å²) >= 11 is 0. The average Bonchev–Trinajstić information content (AvgIpc) is 3.48. The number of anilines is 1. The maximum atomic E-state index is 13.2. The second-order valence-electron chi connectivity index (χ2n) is 8.40. The molecular formula is C26H23N7O4. The van der Waals surface area contributed by atoms with Crippen molar-refractivity contribution in [3.8, 4) is 22.8 Å². The molecule has 0 aliphatic carbocycles. The van der Waals surface area contributed by atoms with E-state index in [1.165, 1.54) is 24.4 Å². The van der Waals surface area contributed by atoms with E-state index in [-0.39, 0.29) is 22.7 Å². The number of carbonyl (C=O) groups excluding carboxylic acids is 1. The molecule has 37 heavy (non-hydrogen) atoms. The van der Waals surface area contributed by atoms with Crippen LogP contribution in [0.25, 0.3) is 16.9 Å². The van der Waals surface area contributed by atoms with Crippen molar-refractivity contribution in [1.29, 1.82) is 0 Å². The van der Waals surface area contributed by atoms with E-state index in [0.717, 1.165) is 29.1 Å². The van der Waals surface area contributed by atoms with Gasteiger partial charge in [0, 0.05) is 36.6 Å². The Morgan fingerprint density at radius 1 is 1.16 bits per heavy atom. The molecule has 0 fully saturated rings. The number of nitrogens with zero attached hydrogens (tertiary/aromatic N) is 6. The number of hydrogen-bond donors (Lipinski definition) is 1. The Hall–Kier alpha value is -5.06. The van der Waals surface area contributed by atoms with Gasteiger partial charge >= 0.3 is 0 Å². The highest BCUT2D eigenvalue weighted by atomic mass is 16.6. The van der Waals surface area contributed by atoms with Crippen LogP contribution in [0.1, 0.15) is 28.5 Å². The number of benzene rings is 2. The molecule has 5 rings (SSSR count). The van der Waals surface area contributed by atoms with E-state index < -0.39 is 10.8 Å². The Labute approximate surface area is 211 Å². The SMILES string of the molecule is CCn1cc(-c2ccnc3c(C(=O)Nc4cc(Oc5ccccc5C)cc([N+](=O)[O-])c4)cnn23)c(C)n1. The van der Waals surface area contributed by atoms with Gasteiger partial charge in [-0.15, -0.1) is 0 Å². The molecule has 1 N–H and O–H groups in total. The fourth-order valence-corrected chi connectivity index (χ4v) is 4.00. The lowest BCUT2D eigenvalue weighted by Crippen LogP contribution is -2.12. The molecule has 11 nitrogen and oxygen atoms in total. The first-order valence-electron chi connectivity index (χ1n) is 11.6. The number of nitro benzene ring substituents is 1. The minimum atomic E-state index is -0.539. The van der Waals surface area contributed by atoms with Gasteiger partial charge in [0.05, 0.1) is 34.3 Å². The predicted molar refractivity (Wildman–Crippen MR) is 137 cm³/mol. The van der Waals surface area contributed by atoms with Crippen molar-refractivity contribution >= 4 is 22.9 Å². The predicted octanol–water partition coefficient (Wildman–Crippen LogP) is 5.18. The summed E-state index contributed by atoms with van der Waals surface area (Å²) < 4.78 is 9.29. The van der Waals surface area contributed by atoms with Crippen LogP contribution in [0.15, 0.2) is 67.1 Å². The number of non-ortho nitro benzene ring substituents is 1. The number of nitro groups is 1. The van der Waals surface area contributed by atoms with Crippen molar-refractivity contribution in [2.75, 3.05) is 5.32 Å². The normalized spacial score (nSPS) is 11.0. The molecule has 1 amide bonds. The fourth-order valence-electron chi connectivity index (χ4n) is 4.00. The number of rotatable bonds is 7. The molecule has 0 spiro atoms. The molecule has 0 bridgehead atoms. The molecule has 11 heteroatoms. The van der Waals surface area contributed by atoms with Gasteiger partial charge in [-0.2, -0.15) is 10.2 Å². The van der Waals surface area contributed by atoms with Crippen LogP contribution in [0.2, 0.25) is 0 Å². The van der Waals surface area contributed by atoms with Gasteiger partial charge in [-0.3, -0.25) is 19.6 Å². The average molecular weight is 498 g/mol. The third-order valence-corrected chi connectivity index (χ3v) is 5.87. The van der Waals surface area contributed by atoms with E-state index in [1.54, 1.807) is 22.8 Å². The fraction of sp³-hybridized carbons (Fsp3) is 0.154. The molecule has 3 heterocycles. The van der Waals surface area contributed by atoms with Crippen LogP contribution in [0.3, 0.4) is 0 Å². The summed E-state index contributed by atoms with van der Waals surface area (Å²) in [5.41, 5.74) is 3.87. The molecule has 2 aromatic carbocycles. The summed E-state index contributed by atoms with van der Waals surface area (Å²) in [6, 6.07) is 13.2. The quantitative estimate of drug-likeness (QED) is 0.242. The number of para-hydroxylation sites is 1. The van der Waals surface area contributed by atoms with Crippen molar-refractivity contribution in [3.63, 3.8) is 0 Å². The highest BCUT2D eigenvalue weighted by Gasteiger charge is 2.20. The van der Waals surface area contributed by atoms with Crippen LogP contribution in [-0.2, 0) is 6.54 Å². The Balaban J connectivity index is 1.48. The molecule has 3 aromatic heterocycles. The lowest BCUT2D eigenvalue weighted by atomic mass is 10.2. The Kier molecular flexibility index (Phi) is 6.10. The Morgan fingerprint density at radius 2 is 1.97 bits per heavy atom. The van der Waals surface area contributed by atoms with Crippen LogP contribution in [0.4, 0.5) is 11.4 Å². The number of hydrogen-bond acceptors (Lipinski definition) is 7. The van der Waals surface area contributed by atoms with Crippen LogP contribution in [0, 0.1) is 24.0 Å². The molecule has 0 atom stereocenters. The Bertz CT molecular complexity index is 1650. The number of ether oxygens (including phenoxy) is 1. The first kappa shape index (κ1) is 23.7. The van der Waals surface area contributed by atoms with Crippen molar-refractivity contribution in [2.45, 2.75) is 27.3 Å². The summed E-state index contributed by atoms with van der Waals surface area (Å²) in [6.45, 7) is 6.50. The van der Waals surface area contributed by atoms with Crippen molar-refractivity contribution in [1.82, 2.24) is 24.4 Å². The van der Waals surface area contributed by atoms with Gasteiger partial charge < -0.3 is 10.1 Å². The first-order chi connectivity index (χ1) is 17.8. The molecule has 0 aliphatic heterocycles. The van der Waals surface area contributed by atoms with Gasteiger partial charge in [-0.1, -0.05) is 18.2 Å². The number of fused-ring (bicyclic) bond motifs is 1. The number of carbonyl (C=O) groups is 1. The molecular weight excluding hydrogens is 474 g/mol. The van der Waals surface area contributed by atoms with Crippen LogP contribution < -0.4 is 10.1 Å². The summed E-state index contributed by atoms with van der Waals surface area (Å²) in [5, 5.41) is 23.1. The zero-order valence-electron chi connectivity index (χ0n) is 20.4. The van der Waals surface area contributed by atoms with Gasteiger partial charge in [-0.25, -0.2) is 9.50 Å². The lowest BCUT2D eigenvalue weighted by molar-refractivity contribution is -0.384. The molecule has 186 valence electrons. The van der Waals surface area contributed by atoms with E-state index >= 15 is 0 Å². The summed E-state index contributed by atoms with van der Waals surface area (Å²) in [7, 11) is 0. The molecule has 0 unspecified atom stereocenters. The molecule has 5 aromatic rings. The number of aromatic nitrogens is 5. The van der Waals surface area contributed by atoms with Gasteiger partial charge in [0.1, 0.15) is 17.1 Å². The van der Waals surface area contributed by atoms with Crippen LogP contribution >= 0.6 is 0 Å². The van der Waals surface area contributed by atoms with Crippen molar-refractivity contribution in [3.05, 3.63) is 94.1 Å². The minimum absolute atomic E-state index is 0.207. The minimum Gasteiger partial charge on any atom is -0.457 e. The number of aryl methyl sites for hydroxylation is 3. The van der Waals surface area contributed by atoms with E-state index in [2.05, 4.69) is 20.5 Å². The van der Waals surface area contributed by atoms with Crippen molar-refractivity contribution in [2.24, 2.45) is 0 Å². The van der Waals surface area contributed by atoms with Crippen LogP contribution in [-0.4, -0.2) is 35.2 Å². The van der Waals surface area contributed by atoms with Crippen LogP contribution in [0.5, 0.6) is 11.5 Å². The summed E-state index contributed by atoms with van der Waals surface area (Å²) in [5.74, 6) is 0.270. The van der Waals surface area contributed by atoms with Crippen molar-refractivity contribution < 1.29 is 14.5 Å². The Morgan fingerprint density at radius 3 is 2.70 bits per heavy atom. The van der Waals surface area contributed by atoms with E-state index in [4.69, 9.17) is 4.74 Å². The summed E-state index contributed by atoms with van der Waals surface area (Å²) in [6.07, 6.45) is 4.95. The maximum absolute atomic E-state index is 13.2. The third-order valence-electron chi connectivity index (χ3n) is 5.87. The topological polar surface area (TPSA) is 129 Å². The first-order valence-corrected chi connectivity index (χ1v) is 11.6. The maximum Gasteiger partial charge on any atom is 0.275 e. The highest BCUT2D eigenvalue weighted by Crippen LogP contribution is 2.31. The standard InChI is InChI=1S/C26H23N7O4/c1-4-31-15-22(17(3)30-31)23-9-10-27-25-21(14-28-32(23)25)26(34)29-18-11-19(33(35)36)13-20(12-18)37-24-8-6-5-7-16(24)2/h5-15H,4H2,1-3H3,(H,29,34). The van der Waals surface area contributed by atoms with E-state index in [9.17, 15) is 14.9 Å². The second kappa shape index (κ2) is 9.53. The second-order valence-corrected chi connectivity index (χ2v) is 8.40. The number of amides is 1. The third kappa shape index (κ3) is 4.61. The smallest absolute Gasteiger partial charge is 0.275 e. The zero-order chi connectivity index (χ0) is 26.1. The largest absolute Gasteiger partial charge is 0.457 e. The van der Waals surface area contributed by atoms with E-state index in [0.29, 0.717) is 11.4 Å². The van der Waals surface area contributed by atoms with Gasteiger partial charge in [-0.05, 0) is 38.5 Å². The van der Waals surface area contributed by atoms with Gasteiger partial charge in [0.25, 0.3) is 11.6 Å². The molecule has 0 aliphatic rings. The zero-order valence-corrected chi connectivity index (χ0v) is 20.4. The van der Waals surface area contributed by atoms with Gasteiger partial charge in [0.15, 0.2) is 5.65 Å². The monoisotopic (exact) mass is 497 g/mol. The number of nitrogens with one attached hydrogen (secondary N) is 1.